The van der Waals surface area contributed by atoms with Crippen LogP contribution >= 0.6 is 11.8 Å². The van der Waals surface area contributed by atoms with Crippen LogP contribution in [0.2, 0.25) is 0 Å². The molecule has 2 aromatic carbocycles. The van der Waals surface area contributed by atoms with Crippen molar-refractivity contribution in [2.24, 2.45) is 0 Å². The zero-order valence-corrected chi connectivity index (χ0v) is 15.3. The molecule has 0 saturated heterocycles. The normalized spacial score (nSPS) is 13.0. The lowest BCUT2D eigenvalue weighted by Gasteiger charge is -2.11. The SMILES string of the molecule is CCCCC(O)CC/C=C(\CSc1ccccc1)c1ccccc1. The fraction of sp³-hybridized carbons (Fsp3) is 0.364. The van der Waals surface area contributed by atoms with Crippen molar-refractivity contribution in [3.8, 4) is 0 Å². The van der Waals surface area contributed by atoms with Crippen molar-refractivity contribution < 1.29 is 5.11 Å². The molecule has 0 aliphatic carbocycles. The first-order valence-corrected chi connectivity index (χ1v) is 9.88. The third-order valence-electron chi connectivity index (χ3n) is 4.06. The molecule has 0 heterocycles. The molecule has 0 spiro atoms. The molecule has 1 N–H and O–H groups in total. The number of hydrogen-bond donors (Lipinski definition) is 1. The molecule has 1 unspecified atom stereocenters. The van der Waals surface area contributed by atoms with Crippen LogP contribution in [-0.4, -0.2) is 17.0 Å². The smallest absolute Gasteiger partial charge is 0.0543 e. The number of rotatable bonds is 10. The van der Waals surface area contributed by atoms with Crippen LogP contribution in [0.25, 0.3) is 5.57 Å². The first-order valence-electron chi connectivity index (χ1n) is 8.90. The van der Waals surface area contributed by atoms with Gasteiger partial charge in [-0.05, 0) is 42.5 Å². The Morgan fingerprint density at radius 2 is 1.67 bits per heavy atom. The van der Waals surface area contributed by atoms with Crippen molar-refractivity contribution in [3.63, 3.8) is 0 Å². The van der Waals surface area contributed by atoms with Gasteiger partial charge in [0, 0.05) is 10.6 Å². The van der Waals surface area contributed by atoms with E-state index >= 15 is 0 Å². The van der Waals surface area contributed by atoms with Crippen LogP contribution in [-0.2, 0) is 0 Å². The average molecular weight is 341 g/mol. The molecule has 24 heavy (non-hydrogen) atoms. The largest absolute Gasteiger partial charge is 0.393 e. The van der Waals surface area contributed by atoms with Gasteiger partial charge in [0.2, 0.25) is 0 Å². The second-order valence-corrected chi connectivity index (χ2v) is 7.12. The predicted molar refractivity (Wildman–Crippen MR) is 106 cm³/mol. The third kappa shape index (κ3) is 6.94. The molecule has 1 nitrogen and oxygen atoms in total. The van der Waals surface area contributed by atoms with Crippen molar-refractivity contribution in [1.29, 1.82) is 0 Å². The van der Waals surface area contributed by atoms with Crippen molar-refractivity contribution in [1.82, 2.24) is 0 Å². The number of benzene rings is 2. The zero-order chi connectivity index (χ0) is 17.0. The number of aliphatic hydroxyl groups is 1. The van der Waals surface area contributed by atoms with Gasteiger partial charge in [-0.3, -0.25) is 0 Å². The molecule has 2 heteroatoms. The minimum absolute atomic E-state index is 0.167. The monoisotopic (exact) mass is 340 g/mol. The highest BCUT2D eigenvalue weighted by Gasteiger charge is 2.05. The van der Waals surface area contributed by atoms with E-state index in [0.717, 1.165) is 37.9 Å². The van der Waals surface area contributed by atoms with Gasteiger partial charge < -0.3 is 5.11 Å². The van der Waals surface area contributed by atoms with Gasteiger partial charge in [-0.25, -0.2) is 0 Å². The first-order chi connectivity index (χ1) is 11.8. The maximum Gasteiger partial charge on any atom is 0.0543 e. The maximum atomic E-state index is 10.0. The van der Waals surface area contributed by atoms with Gasteiger partial charge in [-0.2, -0.15) is 0 Å². The molecule has 0 aliphatic rings. The Bertz CT molecular complexity index is 592. The van der Waals surface area contributed by atoms with Crippen molar-refractivity contribution in [3.05, 3.63) is 72.3 Å². The molecule has 128 valence electrons. The highest BCUT2D eigenvalue weighted by molar-refractivity contribution is 7.99. The Morgan fingerprint density at radius 3 is 2.33 bits per heavy atom. The molecular weight excluding hydrogens is 312 g/mol. The number of unbranched alkanes of at least 4 members (excludes halogenated alkanes) is 1. The minimum Gasteiger partial charge on any atom is -0.393 e. The van der Waals surface area contributed by atoms with Gasteiger partial charge in [0.25, 0.3) is 0 Å². The van der Waals surface area contributed by atoms with Crippen LogP contribution < -0.4 is 0 Å². The molecule has 0 saturated carbocycles. The van der Waals surface area contributed by atoms with Crippen molar-refractivity contribution >= 4 is 17.3 Å². The number of hydrogen-bond acceptors (Lipinski definition) is 2. The summed E-state index contributed by atoms with van der Waals surface area (Å²) in [6.07, 6.45) is 7.11. The molecule has 0 aromatic heterocycles. The van der Waals surface area contributed by atoms with Crippen LogP contribution in [0.3, 0.4) is 0 Å². The van der Waals surface area contributed by atoms with E-state index in [1.54, 1.807) is 0 Å². The first kappa shape index (κ1) is 18.8. The molecule has 0 aliphatic heterocycles. The molecular formula is C22H28OS. The molecule has 2 aromatic rings. The minimum atomic E-state index is -0.167. The highest BCUT2D eigenvalue weighted by atomic mass is 32.2. The maximum absolute atomic E-state index is 10.0. The Balaban J connectivity index is 1.96. The van der Waals surface area contributed by atoms with Crippen LogP contribution in [0.1, 0.15) is 44.6 Å². The summed E-state index contributed by atoms with van der Waals surface area (Å²) in [4.78, 5) is 1.29. The van der Waals surface area contributed by atoms with Crippen molar-refractivity contribution in [2.75, 3.05) is 5.75 Å². The van der Waals surface area contributed by atoms with Gasteiger partial charge >= 0.3 is 0 Å². The van der Waals surface area contributed by atoms with Crippen LogP contribution in [0.4, 0.5) is 0 Å². The second-order valence-electron chi connectivity index (χ2n) is 6.07. The summed E-state index contributed by atoms with van der Waals surface area (Å²) >= 11 is 1.87. The van der Waals surface area contributed by atoms with Crippen LogP contribution in [0, 0.1) is 0 Å². The van der Waals surface area contributed by atoms with E-state index in [4.69, 9.17) is 0 Å². The van der Waals surface area contributed by atoms with Crippen LogP contribution in [0.5, 0.6) is 0 Å². The topological polar surface area (TPSA) is 20.2 Å². The van der Waals surface area contributed by atoms with Gasteiger partial charge in [-0.1, -0.05) is 74.4 Å². The Kier molecular flexibility index (Phi) is 8.72. The summed E-state index contributed by atoms with van der Waals surface area (Å²) in [6.45, 7) is 2.17. The summed E-state index contributed by atoms with van der Waals surface area (Å²) in [5, 5.41) is 10.0. The lowest BCUT2D eigenvalue weighted by atomic mass is 10.0. The lowest BCUT2D eigenvalue weighted by Crippen LogP contribution is -2.05. The van der Waals surface area contributed by atoms with E-state index in [0.29, 0.717) is 0 Å². The molecule has 0 fully saturated rings. The molecule has 0 amide bonds. The average Bonchev–Trinajstić information content (AvgIpc) is 2.64. The summed E-state index contributed by atoms with van der Waals surface area (Å²) in [7, 11) is 0. The summed E-state index contributed by atoms with van der Waals surface area (Å²) in [6, 6.07) is 21.1. The third-order valence-corrected chi connectivity index (χ3v) is 5.12. The predicted octanol–water partition coefficient (Wildman–Crippen LogP) is 6.19. The van der Waals surface area contributed by atoms with Crippen molar-refractivity contribution in [2.45, 2.75) is 50.0 Å². The summed E-state index contributed by atoms with van der Waals surface area (Å²) < 4.78 is 0. The highest BCUT2D eigenvalue weighted by Crippen LogP contribution is 2.26. The van der Waals surface area contributed by atoms with E-state index in [-0.39, 0.29) is 6.10 Å². The van der Waals surface area contributed by atoms with Gasteiger partial charge in [0.15, 0.2) is 0 Å². The lowest BCUT2D eigenvalue weighted by molar-refractivity contribution is 0.153. The summed E-state index contributed by atoms with van der Waals surface area (Å²) in [5.74, 6) is 0.957. The van der Waals surface area contributed by atoms with E-state index in [1.165, 1.54) is 16.0 Å². The van der Waals surface area contributed by atoms with E-state index in [2.05, 4.69) is 73.7 Å². The van der Waals surface area contributed by atoms with E-state index in [9.17, 15) is 5.11 Å². The number of allylic oxidation sites excluding steroid dienone is 1. The van der Waals surface area contributed by atoms with Crippen LogP contribution in [0.15, 0.2) is 71.6 Å². The summed E-state index contributed by atoms with van der Waals surface area (Å²) in [5.41, 5.74) is 2.64. The number of thioether (sulfide) groups is 1. The zero-order valence-electron chi connectivity index (χ0n) is 14.5. The molecule has 0 bridgehead atoms. The Hall–Kier alpha value is -1.51. The second kappa shape index (κ2) is 11.1. The van der Waals surface area contributed by atoms with Gasteiger partial charge in [0.1, 0.15) is 0 Å². The van der Waals surface area contributed by atoms with Gasteiger partial charge in [-0.15, -0.1) is 11.8 Å². The Morgan fingerprint density at radius 1 is 1.00 bits per heavy atom. The van der Waals surface area contributed by atoms with Gasteiger partial charge in [0.05, 0.1) is 6.10 Å². The standard InChI is InChI=1S/C22H28OS/c1-2-3-14-21(23)15-10-13-20(19-11-6-4-7-12-19)18-24-22-16-8-5-9-17-22/h4-9,11-13,16-17,21,23H,2-3,10,14-15,18H2,1H3/b20-13+. The van der Waals surface area contributed by atoms with E-state index in [1.807, 2.05) is 11.8 Å². The fourth-order valence-corrected chi connectivity index (χ4v) is 3.58. The Labute approximate surface area is 150 Å². The molecule has 0 radical (unpaired) electrons. The van der Waals surface area contributed by atoms with E-state index < -0.39 is 0 Å². The number of aliphatic hydroxyl groups excluding tert-OH is 1. The molecule has 2 rings (SSSR count). The molecule has 1 atom stereocenters. The quantitative estimate of drug-likeness (QED) is 0.520. The fourth-order valence-electron chi connectivity index (χ4n) is 2.62.